The highest BCUT2D eigenvalue weighted by atomic mass is 16.3. The Morgan fingerprint density at radius 2 is 2.12 bits per heavy atom. The number of carbonyl (C=O) groups excluding carboxylic acids is 1. The number of amides is 1. The van der Waals surface area contributed by atoms with Crippen LogP contribution in [-0.4, -0.2) is 21.0 Å². The lowest BCUT2D eigenvalue weighted by atomic mass is 9.95. The molecule has 2 heterocycles. The summed E-state index contributed by atoms with van der Waals surface area (Å²) < 4.78 is 0. The van der Waals surface area contributed by atoms with E-state index in [2.05, 4.69) is 29.1 Å². The summed E-state index contributed by atoms with van der Waals surface area (Å²) in [5, 5.41) is 14.6. The van der Waals surface area contributed by atoms with Gasteiger partial charge in [-0.3, -0.25) is 9.78 Å². The SMILES string of the molecule is CC(C)CC(NC(=O)c1cc[nH]c1)c1ccc2cccnc2c1O. The van der Waals surface area contributed by atoms with Crippen LogP contribution in [0.3, 0.4) is 0 Å². The highest BCUT2D eigenvalue weighted by Crippen LogP contribution is 2.34. The molecule has 0 fully saturated rings. The molecule has 0 saturated heterocycles. The molecule has 3 rings (SSSR count). The van der Waals surface area contributed by atoms with E-state index in [0.717, 1.165) is 11.8 Å². The number of nitrogens with one attached hydrogen (secondary N) is 2. The molecule has 3 aromatic rings. The maximum absolute atomic E-state index is 12.4. The molecule has 1 atom stereocenters. The molecule has 5 nitrogen and oxygen atoms in total. The number of aromatic hydroxyl groups is 1. The van der Waals surface area contributed by atoms with Crippen molar-refractivity contribution in [3.63, 3.8) is 0 Å². The first-order valence-electron chi connectivity index (χ1n) is 8.06. The van der Waals surface area contributed by atoms with Gasteiger partial charge in [0.15, 0.2) is 0 Å². The normalized spacial score (nSPS) is 12.5. The molecule has 1 aromatic carbocycles. The van der Waals surface area contributed by atoms with Gasteiger partial charge in [-0.15, -0.1) is 0 Å². The quantitative estimate of drug-likeness (QED) is 0.668. The van der Waals surface area contributed by atoms with Gasteiger partial charge in [-0.05, 0) is 24.5 Å². The van der Waals surface area contributed by atoms with E-state index in [1.54, 1.807) is 24.7 Å². The number of pyridine rings is 1. The summed E-state index contributed by atoms with van der Waals surface area (Å²) in [5.41, 5.74) is 1.82. The Labute approximate surface area is 140 Å². The smallest absolute Gasteiger partial charge is 0.253 e. The minimum Gasteiger partial charge on any atom is -0.505 e. The average molecular weight is 323 g/mol. The zero-order valence-corrected chi connectivity index (χ0v) is 13.8. The monoisotopic (exact) mass is 323 g/mol. The summed E-state index contributed by atoms with van der Waals surface area (Å²) in [4.78, 5) is 19.6. The first-order valence-corrected chi connectivity index (χ1v) is 8.06. The van der Waals surface area contributed by atoms with Crippen molar-refractivity contribution in [3.05, 3.63) is 60.0 Å². The molecule has 124 valence electrons. The van der Waals surface area contributed by atoms with Crippen LogP contribution < -0.4 is 5.32 Å². The van der Waals surface area contributed by atoms with Crippen LogP contribution in [0.15, 0.2) is 48.9 Å². The molecule has 3 N–H and O–H groups in total. The zero-order chi connectivity index (χ0) is 17.1. The number of phenols is 1. The number of phenolic OH excluding ortho intramolecular Hbond substituents is 1. The van der Waals surface area contributed by atoms with Gasteiger partial charge in [0.1, 0.15) is 11.3 Å². The van der Waals surface area contributed by atoms with Crippen LogP contribution >= 0.6 is 0 Å². The van der Waals surface area contributed by atoms with E-state index < -0.39 is 0 Å². The van der Waals surface area contributed by atoms with Crippen molar-refractivity contribution in [3.8, 4) is 5.75 Å². The highest BCUT2D eigenvalue weighted by Gasteiger charge is 2.21. The first kappa shape index (κ1) is 16.1. The summed E-state index contributed by atoms with van der Waals surface area (Å²) in [7, 11) is 0. The summed E-state index contributed by atoms with van der Waals surface area (Å²) in [6.45, 7) is 4.18. The zero-order valence-electron chi connectivity index (χ0n) is 13.8. The fraction of sp³-hybridized carbons (Fsp3) is 0.263. The third-order valence-corrected chi connectivity index (χ3v) is 4.03. The van der Waals surface area contributed by atoms with Crippen LogP contribution in [0.5, 0.6) is 5.75 Å². The Morgan fingerprint density at radius 1 is 1.29 bits per heavy atom. The van der Waals surface area contributed by atoms with Crippen LogP contribution in [0, 0.1) is 5.92 Å². The maximum Gasteiger partial charge on any atom is 0.253 e. The molecular formula is C19H21N3O2. The summed E-state index contributed by atoms with van der Waals surface area (Å²) >= 11 is 0. The number of hydrogen-bond donors (Lipinski definition) is 3. The molecule has 0 aliphatic carbocycles. The number of fused-ring (bicyclic) bond motifs is 1. The minimum atomic E-state index is -0.279. The number of rotatable bonds is 5. The molecular weight excluding hydrogens is 302 g/mol. The topological polar surface area (TPSA) is 78.0 Å². The molecule has 2 aromatic heterocycles. The number of H-pyrrole nitrogens is 1. The van der Waals surface area contributed by atoms with Crippen LogP contribution in [0.4, 0.5) is 0 Å². The van der Waals surface area contributed by atoms with Crippen LogP contribution in [0.1, 0.15) is 42.2 Å². The van der Waals surface area contributed by atoms with Crippen molar-refractivity contribution in [1.82, 2.24) is 15.3 Å². The lowest BCUT2D eigenvalue weighted by molar-refractivity contribution is 0.0932. The van der Waals surface area contributed by atoms with Gasteiger partial charge in [0.05, 0.1) is 11.6 Å². The maximum atomic E-state index is 12.4. The lowest BCUT2D eigenvalue weighted by Gasteiger charge is -2.22. The van der Waals surface area contributed by atoms with E-state index in [4.69, 9.17) is 0 Å². The van der Waals surface area contributed by atoms with Crippen molar-refractivity contribution >= 4 is 16.8 Å². The van der Waals surface area contributed by atoms with E-state index in [9.17, 15) is 9.90 Å². The predicted octanol–water partition coefficient (Wildman–Crippen LogP) is 3.79. The van der Waals surface area contributed by atoms with Crippen molar-refractivity contribution in [2.75, 3.05) is 0 Å². The summed E-state index contributed by atoms with van der Waals surface area (Å²) in [5.74, 6) is 0.330. The van der Waals surface area contributed by atoms with Crippen molar-refractivity contribution in [2.45, 2.75) is 26.3 Å². The van der Waals surface area contributed by atoms with Crippen LogP contribution in [0.2, 0.25) is 0 Å². The molecule has 0 bridgehead atoms. The largest absolute Gasteiger partial charge is 0.505 e. The van der Waals surface area contributed by atoms with Gasteiger partial charge in [-0.1, -0.05) is 32.0 Å². The van der Waals surface area contributed by atoms with E-state index in [-0.39, 0.29) is 17.7 Å². The number of hydrogen-bond acceptors (Lipinski definition) is 3. The third kappa shape index (κ3) is 3.25. The lowest BCUT2D eigenvalue weighted by Crippen LogP contribution is -2.29. The standard InChI is InChI=1S/C19H21N3O2/c1-12(2)10-16(22-19(24)14-7-9-20-11-14)15-6-5-13-4-3-8-21-17(13)18(15)23/h3-9,11-12,16,20,23H,10H2,1-2H3,(H,22,24). The number of aromatic amines is 1. The fourth-order valence-corrected chi connectivity index (χ4v) is 2.87. The molecule has 5 heteroatoms. The highest BCUT2D eigenvalue weighted by molar-refractivity contribution is 5.94. The Morgan fingerprint density at radius 3 is 2.83 bits per heavy atom. The molecule has 1 amide bonds. The minimum absolute atomic E-state index is 0.133. The summed E-state index contributed by atoms with van der Waals surface area (Å²) in [6, 6.07) is 8.97. The second-order valence-electron chi connectivity index (χ2n) is 6.33. The second kappa shape index (κ2) is 6.74. The molecule has 24 heavy (non-hydrogen) atoms. The van der Waals surface area contributed by atoms with Gasteiger partial charge in [-0.25, -0.2) is 0 Å². The number of nitrogens with zero attached hydrogens (tertiary/aromatic N) is 1. The second-order valence-corrected chi connectivity index (χ2v) is 6.33. The summed E-state index contributed by atoms with van der Waals surface area (Å²) in [6.07, 6.45) is 5.75. The molecule has 0 aliphatic rings. The molecule has 0 radical (unpaired) electrons. The van der Waals surface area contributed by atoms with Crippen molar-refractivity contribution in [1.29, 1.82) is 0 Å². The molecule has 1 unspecified atom stereocenters. The van der Waals surface area contributed by atoms with Crippen LogP contribution in [0.25, 0.3) is 10.9 Å². The van der Waals surface area contributed by atoms with Gasteiger partial charge in [0, 0.05) is 29.5 Å². The van der Waals surface area contributed by atoms with E-state index in [1.807, 2.05) is 24.3 Å². The fourth-order valence-electron chi connectivity index (χ4n) is 2.87. The first-order chi connectivity index (χ1) is 11.6. The Hall–Kier alpha value is -2.82. The van der Waals surface area contributed by atoms with Gasteiger partial charge in [0.2, 0.25) is 0 Å². The van der Waals surface area contributed by atoms with Gasteiger partial charge in [-0.2, -0.15) is 0 Å². The molecule has 0 saturated carbocycles. The van der Waals surface area contributed by atoms with Crippen molar-refractivity contribution in [2.24, 2.45) is 5.92 Å². The number of benzene rings is 1. The number of aromatic nitrogens is 2. The van der Waals surface area contributed by atoms with Gasteiger partial charge < -0.3 is 15.4 Å². The van der Waals surface area contributed by atoms with Gasteiger partial charge >= 0.3 is 0 Å². The van der Waals surface area contributed by atoms with E-state index in [1.165, 1.54) is 0 Å². The Bertz CT molecular complexity index is 841. The Kier molecular flexibility index (Phi) is 4.51. The van der Waals surface area contributed by atoms with E-state index in [0.29, 0.717) is 22.6 Å². The average Bonchev–Trinajstić information content (AvgIpc) is 3.09. The Balaban J connectivity index is 1.96. The van der Waals surface area contributed by atoms with Crippen molar-refractivity contribution < 1.29 is 9.90 Å². The molecule has 0 spiro atoms. The molecule has 0 aliphatic heterocycles. The van der Waals surface area contributed by atoms with Gasteiger partial charge in [0.25, 0.3) is 5.91 Å². The predicted molar refractivity (Wildman–Crippen MR) is 93.9 cm³/mol. The number of carbonyl (C=O) groups is 1. The van der Waals surface area contributed by atoms with E-state index >= 15 is 0 Å². The third-order valence-electron chi connectivity index (χ3n) is 4.03. The van der Waals surface area contributed by atoms with Crippen LogP contribution in [-0.2, 0) is 0 Å².